The van der Waals surface area contributed by atoms with Crippen LogP contribution in [0.2, 0.25) is 0 Å². The minimum atomic E-state index is 0.661. The van der Waals surface area contributed by atoms with E-state index in [0.29, 0.717) is 6.61 Å². The van der Waals surface area contributed by atoms with Crippen molar-refractivity contribution >= 4 is 15.9 Å². The number of rotatable bonds is 5. The molecule has 1 aromatic carbocycles. The summed E-state index contributed by atoms with van der Waals surface area (Å²) >= 11 is 3.42. The first-order valence-corrected chi connectivity index (χ1v) is 5.80. The average Bonchev–Trinajstić information content (AvgIpc) is 2.19. The summed E-state index contributed by atoms with van der Waals surface area (Å²) in [7, 11) is 1.68. The second kappa shape index (κ2) is 5.91. The molecule has 0 fully saturated rings. The summed E-state index contributed by atoms with van der Waals surface area (Å²) < 4.78 is 10.8. The van der Waals surface area contributed by atoms with Crippen LogP contribution in [0.25, 0.3) is 0 Å². The highest BCUT2D eigenvalue weighted by Gasteiger charge is 2.08. The molecule has 78 valence electrons. The standard InChI is InChI=1S/C11H15BrO2/c1-3-14-10-6-4-5-9(7-8-12)11(10)13-2/h4-6H,3,7-8H2,1-2H3. The number of methoxy groups -OCH3 is 1. The quantitative estimate of drug-likeness (QED) is 0.757. The molecule has 0 aliphatic carbocycles. The first-order valence-electron chi connectivity index (χ1n) is 4.68. The largest absolute Gasteiger partial charge is 0.493 e. The van der Waals surface area contributed by atoms with Gasteiger partial charge in [0, 0.05) is 5.33 Å². The third kappa shape index (κ3) is 2.64. The van der Waals surface area contributed by atoms with E-state index in [4.69, 9.17) is 9.47 Å². The molecule has 0 aromatic heterocycles. The van der Waals surface area contributed by atoms with Crippen molar-refractivity contribution in [1.29, 1.82) is 0 Å². The summed E-state index contributed by atoms with van der Waals surface area (Å²) in [5.41, 5.74) is 1.18. The van der Waals surface area contributed by atoms with Crippen LogP contribution in [0.1, 0.15) is 12.5 Å². The third-order valence-corrected chi connectivity index (χ3v) is 2.32. The Morgan fingerprint density at radius 3 is 2.71 bits per heavy atom. The van der Waals surface area contributed by atoms with Crippen molar-refractivity contribution in [2.75, 3.05) is 19.0 Å². The van der Waals surface area contributed by atoms with E-state index in [-0.39, 0.29) is 0 Å². The zero-order chi connectivity index (χ0) is 10.4. The van der Waals surface area contributed by atoms with Gasteiger partial charge in [-0.05, 0) is 25.0 Å². The third-order valence-electron chi connectivity index (χ3n) is 1.93. The van der Waals surface area contributed by atoms with Crippen LogP contribution in [0.3, 0.4) is 0 Å². The van der Waals surface area contributed by atoms with Gasteiger partial charge in [-0.2, -0.15) is 0 Å². The lowest BCUT2D eigenvalue weighted by Crippen LogP contribution is -1.99. The molecular weight excluding hydrogens is 244 g/mol. The second-order valence-electron chi connectivity index (χ2n) is 2.82. The lowest BCUT2D eigenvalue weighted by molar-refractivity contribution is 0.309. The SMILES string of the molecule is CCOc1cccc(CCBr)c1OC. The number of hydrogen-bond acceptors (Lipinski definition) is 2. The summed E-state index contributed by atoms with van der Waals surface area (Å²) in [5, 5.41) is 0.930. The van der Waals surface area contributed by atoms with Crippen LogP contribution in [0.5, 0.6) is 11.5 Å². The predicted molar refractivity (Wildman–Crippen MR) is 61.7 cm³/mol. The lowest BCUT2D eigenvalue weighted by atomic mass is 10.1. The predicted octanol–water partition coefficient (Wildman–Crippen LogP) is 3.03. The molecule has 0 bridgehead atoms. The van der Waals surface area contributed by atoms with Crippen LogP contribution < -0.4 is 9.47 Å². The highest BCUT2D eigenvalue weighted by Crippen LogP contribution is 2.31. The number of para-hydroxylation sites is 1. The Balaban J connectivity index is 2.98. The van der Waals surface area contributed by atoms with Gasteiger partial charge < -0.3 is 9.47 Å². The van der Waals surface area contributed by atoms with Gasteiger partial charge in [-0.3, -0.25) is 0 Å². The van der Waals surface area contributed by atoms with Crippen molar-refractivity contribution in [3.05, 3.63) is 23.8 Å². The van der Waals surface area contributed by atoms with E-state index in [1.54, 1.807) is 7.11 Å². The van der Waals surface area contributed by atoms with Gasteiger partial charge >= 0.3 is 0 Å². The molecule has 1 rings (SSSR count). The van der Waals surface area contributed by atoms with Crippen molar-refractivity contribution < 1.29 is 9.47 Å². The monoisotopic (exact) mass is 258 g/mol. The molecule has 0 radical (unpaired) electrons. The second-order valence-corrected chi connectivity index (χ2v) is 3.61. The van der Waals surface area contributed by atoms with Gasteiger partial charge in [-0.15, -0.1) is 0 Å². The van der Waals surface area contributed by atoms with Crippen LogP contribution in [-0.4, -0.2) is 19.0 Å². The summed E-state index contributed by atoms with van der Waals surface area (Å²) in [6.07, 6.45) is 0.948. The Labute approximate surface area is 93.4 Å². The lowest BCUT2D eigenvalue weighted by Gasteiger charge is -2.12. The van der Waals surface area contributed by atoms with Crippen molar-refractivity contribution in [3.8, 4) is 11.5 Å². The number of alkyl halides is 1. The summed E-state index contributed by atoms with van der Waals surface area (Å²) in [5.74, 6) is 1.68. The van der Waals surface area contributed by atoms with Gasteiger partial charge in [-0.1, -0.05) is 28.1 Å². The van der Waals surface area contributed by atoms with Crippen LogP contribution in [0.15, 0.2) is 18.2 Å². The molecule has 0 spiro atoms. The molecule has 0 saturated carbocycles. The molecular formula is C11H15BrO2. The van der Waals surface area contributed by atoms with Crippen LogP contribution in [-0.2, 0) is 6.42 Å². The fraction of sp³-hybridized carbons (Fsp3) is 0.455. The van der Waals surface area contributed by atoms with E-state index in [9.17, 15) is 0 Å². The summed E-state index contributed by atoms with van der Waals surface area (Å²) in [6, 6.07) is 5.98. The van der Waals surface area contributed by atoms with Gasteiger partial charge in [0.15, 0.2) is 11.5 Å². The zero-order valence-electron chi connectivity index (χ0n) is 8.55. The van der Waals surface area contributed by atoms with Gasteiger partial charge in [-0.25, -0.2) is 0 Å². The maximum atomic E-state index is 5.47. The van der Waals surface area contributed by atoms with E-state index in [1.165, 1.54) is 5.56 Å². The maximum absolute atomic E-state index is 5.47. The van der Waals surface area contributed by atoms with Crippen molar-refractivity contribution in [1.82, 2.24) is 0 Å². The fourth-order valence-electron chi connectivity index (χ4n) is 1.36. The molecule has 0 aliphatic rings. The van der Waals surface area contributed by atoms with Crippen molar-refractivity contribution in [2.45, 2.75) is 13.3 Å². The Hall–Kier alpha value is -0.700. The molecule has 1 aromatic rings. The Bertz CT molecular complexity index is 262. The van der Waals surface area contributed by atoms with E-state index in [0.717, 1.165) is 23.2 Å². The van der Waals surface area contributed by atoms with E-state index in [2.05, 4.69) is 22.0 Å². The van der Waals surface area contributed by atoms with E-state index < -0.39 is 0 Å². The number of aryl methyl sites for hydroxylation is 1. The molecule has 0 N–H and O–H groups in total. The minimum absolute atomic E-state index is 0.661. The highest BCUT2D eigenvalue weighted by molar-refractivity contribution is 9.09. The first kappa shape index (κ1) is 11.4. The van der Waals surface area contributed by atoms with E-state index >= 15 is 0 Å². The molecule has 0 saturated heterocycles. The molecule has 0 heterocycles. The van der Waals surface area contributed by atoms with Crippen LogP contribution in [0.4, 0.5) is 0 Å². The van der Waals surface area contributed by atoms with E-state index in [1.807, 2.05) is 19.1 Å². The Morgan fingerprint density at radius 2 is 2.14 bits per heavy atom. The molecule has 0 unspecified atom stereocenters. The number of hydrogen-bond donors (Lipinski definition) is 0. The topological polar surface area (TPSA) is 18.5 Å². The average molecular weight is 259 g/mol. The normalized spacial score (nSPS) is 9.93. The number of ether oxygens (including phenoxy) is 2. The molecule has 2 nitrogen and oxygen atoms in total. The molecule has 0 amide bonds. The number of benzene rings is 1. The van der Waals surface area contributed by atoms with Crippen molar-refractivity contribution in [3.63, 3.8) is 0 Å². The van der Waals surface area contributed by atoms with Gasteiger partial charge in [0.25, 0.3) is 0 Å². The van der Waals surface area contributed by atoms with Gasteiger partial charge in [0.1, 0.15) is 0 Å². The minimum Gasteiger partial charge on any atom is -0.493 e. The smallest absolute Gasteiger partial charge is 0.163 e. The summed E-state index contributed by atoms with van der Waals surface area (Å²) in [4.78, 5) is 0. The highest BCUT2D eigenvalue weighted by atomic mass is 79.9. The van der Waals surface area contributed by atoms with Crippen LogP contribution in [0, 0.1) is 0 Å². The molecule has 3 heteroatoms. The van der Waals surface area contributed by atoms with Gasteiger partial charge in [0.2, 0.25) is 0 Å². The first-order chi connectivity index (χ1) is 6.83. The van der Waals surface area contributed by atoms with Gasteiger partial charge in [0.05, 0.1) is 13.7 Å². The maximum Gasteiger partial charge on any atom is 0.163 e. The summed E-state index contributed by atoms with van der Waals surface area (Å²) in [6.45, 7) is 2.63. The zero-order valence-corrected chi connectivity index (χ0v) is 10.1. The number of halogens is 1. The molecule has 14 heavy (non-hydrogen) atoms. The Morgan fingerprint density at radius 1 is 1.36 bits per heavy atom. The Kier molecular flexibility index (Phi) is 4.80. The molecule has 0 aliphatic heterocycles. The fourth-order valence-corrected chi connectivity index (χ4v) is 1.79. The molecule has 0 atom stereocenters. The van der Waals surface area contributed by atoms with Crippen molar-refractivity contribution in [2.24, 2.45) is 0 Å². The van der Waals surface area contributed by atoms with Crippen LogP contribution >= 0.6 is 15.9 Å².